The molecule has 0 fully saturated rings. The summed E-state index contributed by atoms with van der Waals surface area (Å²) in [6.45, 7) is 2.40. The average molecular weight is 327 g/mol. The summed E-state index contributed by atoms with van der Waals surface area (Å²) in [4.78, 5) is 10.7. The number of carboxylic acid groups (broad SMARTS) is 1. The minimum absolute atomic E-state index is 0.210. The molecule has 1 aromatic rings. The molecular formula is C16H25NO4S. The fourth-order valence-corrected chi connectivity index (χ4v) is 3.36. The lowest BCUT2D eigenvalue weighted by molar-refractivity contribution is -0.137. The van der Waals surface area contributed by atoms with Crippen molar-refractivity contribution in [2.24, 2.45) is 0 Å². The molecule has 1 rings (SSSR count). The Labute approximate surface area is 133 Å². The Morgan fingerprint density at radius 1 is 1.05 bits per heavy atom. The van der Waals surface area contributed by atoms with E-state index < -0.39 is 16.0 Å². The van der Waals surface area contributed by atoms with Gasteiger partial charge in [-0.05, 0) is 31.9 Å². The lowest BCUT2D eigenvalue weighted by atomic mass is 10.1. The van der Waals surface area contributed by atoms with Crippen molar-refractivity contribution >= 4 is 16.0 Å². The second-order valence-corrected chi connectivity index (χ2v) is 7.60. The van der Waals surface area contributed by atoms with Gasteiger partial charge in [0.05, 0.1) is 4.90 Å². The highest BCUT2D eigenvalue weighted by molar-refractivity contribution is 7.89. The molecule has 5 nitrogen and oxygen atoms in total. The normalized spacial score (nSPS) is 11.8. The molecule has 0 saturated carbocycles. The van der Waals surface area contributed by atoms with E-state index in [-0.39, 0.29) is 6.42 Å². The van der Waals surface area contributed by atoms with Crippen LogP contribution in [0.3, 0.4) is 0 Å². The second kappa shape index (κ2) is 8.90. The fraction of sp³-hybridized carbons (Fsp3) is 0.562. The number of aryl methyl sites for hydroxylation is 1. The first-order valence-corrected chi connectivity index (χ1v) is 9.03. The third-order valence-corrected chi connectivity index (χ3v) is 5.46. The monoisotopic (exact) mass is 327 g/mol. The molecular weight excluding hydrogens is 302 g/mol. The van der Waals surface area contributed by atoms with Crippen LogP contribution >= 0.6 is 0 Å². The Morgan fingerprint density at radius 3 is 2.18 bits per heavy atom. The van der Waals surface area contributed by atoms with E-state index in [4.69, 9.17) is 5.11 Å². The van der Waals surface area contributed by atoms with Crippen LogP contribution in [0.25, 0.3) is 0 Å². The van der Waals surface area contributed by atoms with Crippen molar-refractivity contribution in [1.29, 1.82) is 0 Å². The number of carboxylic acids is 1. The first-order chi connectivity index (χ1) is 10.3. The summed E-state index contributed by atoms with van der Waals surface area (Å²) in [7, 11) is -1.81. The smallest absolute Gasteiger partial charge is 0.303 e. The van der Waals surface area contributed by atoms with Crippen molar-refractivity contribution in [3.05, 3.63) is 29.8 Å². The van der Waals surface area contributed by atoms with Gasteiger partial charge in [0.1, 0.15) is 0 Å². The van der Waals surface area contributed by atoms with Gasteiger partial charge in [0.25, 0.3) is 0 Å². The van der Waals surface area contributed by atoms with Gasteiger partial charge in [0, 0.05) is 20.0 Å². The molecule has 0 bridgehead atoms. The highest BCUT2D eigenvalue weighted by Gasteiger charge is 2.19. The van der Waals surface area contributed by atoms with Crippen LogP contribution in [0, 0.1) is 6.92 Å². The summed E-state index contributed by atoms with van der Waals surface area (Å²) in [5.74, 6) is -0.760. The maximum Gasteiger partial charge on any atom is 0.303 e. The molecule has 0 aliphatic rings. The summed E-state index contributed by atoms with van der Waals surface area (Å²) >= 11 is 0. The summed E-state index contributed by atoms with van der Waals surface area (Å²) < 4.78 is 26.1. The van der Waals surface area contributed by atoms with Crippen molar-refractivity contribution in [2.75, 3.05) is 13.6 Å². The number of benzene rings is 1. The van der Waals surface area contributed by atoms with Gasteiger partial charge >= 0.3 is 5.97 Å². The van der Waals surface area contributed by atoms with Crippen molar-refractivity contribution in [2.45, 2.75) is 50.3 Å². The molecule has 22 heavy (non-hydrogen) atoms. The van der Waals surface area contributed by atoms with E-state index in [0.29, 0.717) is 17.9 Å². The predicted molar refractivity (Wildman–Crippen MR) is 86.3 cm³/mol. The van der Waals surface area contributed by atoms with Crippen molar-refractivity contribution in [3.8, 4) is 0 Å². The molecule has 1 N–H and O–H groups in total. The second-order valence-electron chi connectivity index (χ2n) is 5.55. The van der Waals surface area contributed by atoms with E-state index in [2.05, 4.69) is 0 Å². The van der Waals surface area contributed by atoms with Crippen LogP contribution in [0.5, 0.6) is 0 Å². The van der Waals surface area contributed by atoms with Gasteiger partial charge < -0.3 is 5.11 Å². The summed E-state index contributed by atoms with van der Waals surface area (Å²) in [6.07, 6.45) is 4.41. The minimum atomic E-state index is -3.41. The van der Waals surface area contributed by atoms with Gasteiger partial charge in [-0.3, -0.25) is 4.79 Å². The van der Waals surface area contributed by atoms with E-state index >= 15 is 0 Å². The molecule has 6 heteroatoms. The lowest BCUT2D eigenvalue weighted by Crippen LogP contribution is -2.27. The first-order valence-electron chi connectivity index (χ1n) is 7.59. The quantitative estimate of drug-likeness (QED) is 0.670. The topological polar surface area (TPSA) is 74.7 Å². The Balaban J connectivity index is 2.33. The van der Waals surface area contributed by atoms with Gasteiger partial charge in [-0.25, -0.2) is 12.7 Å². The maximum absolute atomic E-state index is 12.3. The average Bonchev–Trinajstić information content (AvgIpc) is 2.46. The van der Waals surface area contributed by atoms with E-state index in [0.717, 1.165) is 31.2 Å². The third kappa shape index (κ3) is 6.15. The number of rotatable bonds is 10. The fourth-order valence-electron chi connectivity index (χ4n) is 2.15. The van der Waals surface area contributed by atoms with Crippen LogP contribution in [-0.2, 0) is 14.8 Å². The summed E-state index contributed by atoms with van der Waals surface area (Å²) in [5, 5.41) is 8.53. The number of aliphatic carboxylic acids is 1. The molecule has 124 valence electrons. The Morgan fingerprint density at radius 2 is 1.59 bits per heavy atom. The highest BCUT2D eigenvalue weighted by atomic mass is 32.2. The zero-order chi connectivity index (χ0) is 16.6. The van der Waals surface area contributed by atoms with Gasteiger partial charge in [0.2, 0.25) is 10.0 Å². The number of nitrogens with zero attached hydrogens (tertiary/aromatic N) is 1. The molecule has 0 spiro atoms. The number of unbranched alkanes of at least 4 members (excludes halogenated alkanes) is 4. The van der Waals surface area contributed by atoms with Crippen LogP contribution in [0.2, 0.25) is 0 Å². The minimum Gasteiger partial charge on any atom is -0.481 e. The number of sulfonamides is 1. The zero-order valence-corrected chi connectivity index (χ0v) is 14.1. The van der Waals surface area contributed by atoms with Crippen LogP contribution < -0.4 is 0 Å². The van der Waals surface area contributed by atoms with Gasteiger partial charge in [-0.1, -0.05) is 37.0 Å². The summed E-state index contributed by atoms with van der Waals surface area (Å²) in [5.41, 5.74) is 1.03. The first kappa shape index (κ1) is 18.6. The third-order valence-electron chi connectivity index (χ3n) is 3.59. The maximum atomic E-state index is 12.3. The van der Waals surface area contributed by atoms with Crippen LogP contribution in [0.15, 0.2) is 29.2 Å². The lowest BCUT2D eigenvalue weighted by Gasteiger charge is -2.17. The Kier molecular flexibility index (Phi) is 7.55. The molecule has 0 atom stereocenters. The molecule has 0 heterocycles. The molecule has 0 amide bonds. The highest BCUT2D eigenvalue weighted by Crippen LogP contribution is 2.16. The van der Waals surface area contributed by atoms with E-state index in [1.807, 2.05) is 6.92 Å². The van der Waals surface area contributed by atoms with Crippen molar-refractivity contribution in [3.63, 3.8) is 0 Å². The molecule has 0 aliphatic carbocycles. The molecule has 1 aromatic carbocycles. The van der Waals surface area contributed by atoms with Crippen molar-refractivity contribution in [1.82, 2.24) is 4.31 Å². The Bertz CT molecular complexity index is 566. The SMILES string of the molecule is Cc1ccc(S(=O)(=O)N(C)CCCCCCCC(=O)O)cc1. The summed E-state index contributed by atoms with van der Waals surface area (Å²) in [6, 6.07) is 6.85. The van der Waals surface area contributed by atoms with Crippen LogP contribution in [0.1, 0.15) is 44.1 Å². The largest absolute Gasteiger partial charge is 0.481 e. The van der Waals surface area contributed by atoms with Crippen molar-refractivity contribution < 1.29 is 18.3 Å². The standard InChI is InChI=1S/C16H25NO4S/c1-14-9-11-15(12-10-14)22(20,21)17(2)13-7-5-3-4-6-8-16(18)19/h9-12H,3-8,13H2,1-2H3,(H,18,19). The van der Waals surface area contributed by atoms with E-state index in [1.165, 1.54) is 4.31 Å². The number of hydrogen-bond donors (Lipinski definition) is 1. The number of hydrogen-bond acceptors (Lipinski definition) is 3. The van der Waals surface area contributed by atoms with Crippen LogP contribution in [-0.4, -0.2) is 37.4 Å². The van der Waals surface area contributed by atoms with Gasteiger partial charge in [0.15, 0.2) is 0 Å². The number of carbonyl (C=O) groups is 1. The van der Waals surface area contributed by atoms with E-state index in [9.17, 15) is 13.2 Å². The van der Waals surface area contributed by atoms with Gasteiger partial charge in [-0.15, -0.1) is 0 Å². The van der Waals surface area contributed by atoms with Crippen LogP contribution in [0.4, 0.5) is 0 Å². The van der Waals surface area contributed by atoms with E-state index in [1.54, 1.807) is 31.3 Å². The van der Waals surface area contributed by atoms with Gasteiger partial charge in [-0.2, -0.15) is 0 Å². The Hall–Kier alpha value is -1.40. The molecule has 0 aromatic heterocycles. The molecule has 0 radical (unpaired) electrons. The molecule has 0 unspecified atom stereocenters. The molecule has 0 aliphatic heterocycles. The predicted octanol–water partition coefficient (Wildman–Crippen LogP) is 3.04. The molecule has 0 saturated heterocycles. The zero-order valence-electron chi connectivity index (χ0n) is 13.3.